The first-order chi connectivity index (χ1) is 7.22. The van der Waals surface area contributed by atoms with Crippen LogP contribution in [0.2, 0.25) is 0 Å². The van der Waals surface area contributed by atoms with Gasteiger partial charge in [0.1, 0.15) is 0 Å². The fourth-order valence-corrected chi connectivity index (χ4v) is 2.39. The summed E-state index contributed by atoms with van der Waals surface area (Å²) in [6.07, 6.45) is 1.51. The van der Waals surface area contributed by atoms with E-state index in [1.807, 2.05) is 0 Å². The molecule has 2 rings (SSSR count). The van der Waals surface area contributed by atoms with Gasteiger partial charge in [0, 0.05) is 19.6 Å². The van der Waals surface area contributed by atoms with Crippen LogP contribution in [0.3, 0.4) is 0 Å². The van der Waals surface area contributed by atoms with Gasteiger partial charge in [-0.25, -0.2) is 0 Å². The minimum absolute atomic E-state index is 0.0281. The summed E-state index contributed by atoms with van der Waals surface area (Å²) in [6, 6.07) is -0.0281. The second-order valence-corrected chi connectivity index (χ2v) is 4.10. The van der Waals surface area contributed by atoms with E-state index in [1.54, 1.807) is 0 Å². The van der Waals surface area contributed by atoms with Crippen molar-refractivity contribution in [3.8, 4) is 0 Å². The summed E-state index contributed by atoms with van der Waals surface area (Å²) in [6.45, 7) is 2.18. The zero-order valence-electron chi connectivity index (χ0n) is 8.86. The molecule has 0 radical (unpaired) electrons. The molecular weight excluding hydrogens is 196 g/mol. The molecule has 0 aromatic heterocycles. The Hall–Kier alpha value is -1.10. The van der Waals surface area contributed by atoms with Gasteiger partial charge in [-0.15, -0.1) is 0 Å². The Morgan fingerprint density at radius 2 is 2.33 bits per heavy atom. The van der Waals surface area contributed by atoms with E-state index >= 15 is 0 Å². The Bertz CT molecular complexity index is 280. The summed E-state index contributed by atoms with van der Waals surface area (Å²) in [7, 11) is 1.41. The van der Waals surface area contributed by atoms with Crippen LogP contribution in [0, 0.1) is 5.92 Å². The van der Waals surface area contributed by atoms with Crippen molar-refractivity contribution in [1.29, 1.82) is 0 Å². The number of hydrogen-bond donors (Lipinski definition) is 1. The minimum atomic E-state index is -0.153. The molecule has 0 aromatic rings. The molecule has 2 aliphatic rings. The van der Waals surface area contributed by atoms with Crippen LogP contribution in [0.25, 0.3) is 0 Å². The molecule has 5 heteroatoms. The maximum Gasteiger partial charge on any atom is 0.309 e. The number of piperidine rings is 1. The summed E-state index contributed by atoms with van der Waals surface area (Å²) in [5.41, 5.74) is 0. The Kier molecular flexibility index (Phi) is 2.90. The van der Waals surface area contributed by atoms with E-state index in [1.165, 1.54) is 7.11 Å². The highest BCUT2D eigenvalue weighted by atomic mass is 16.5. The first kappa shape index (κ1) is 10.4. The Morgan fingerprint density at radius 3 is 3.07 bits per heavy atom. The number of esters is 1. The molecule has 0 spiro atoms. The SMILES string of the molecule is COC(=O)C1CCC2C(=O)NCCN2C1. The van der Waals surface area contributed by atoms with Gasteiger partial charge < -0.3 is 10.1 Å². The summed E-state index contributed by atoms with van der Waals surface area (Å²) in [4.78, 5) is 25.0. The van der Waals surface area contributed by atoms with E-state index in [9.17, 15) is 9.59 Å². The Labute approximate surface area is 88.8 Å². The molecule has 15 heavy (non-hydrogen) atoms. The van der Waals surface area contributed by atoms with Crippen molar-refractivity contribution in [2.75, 3.05) is 26.7 Å². The smallest absolute Gasteiger partial charge is 0.309 e. The van der Waals surface area contributed by atoms with Gasteiger partial charge in [-0.2, -0.15) is 0 Å². The molecule has 0 bridgehead atoms. The van der Waals surface area contributed by atoms with Crippen molar-refractivity contribution in [3.05, 3.63) is 0 Å². The first-order valence-electron chi connectivity index (χ1n) is 5.32. The highest BCUT2D eigenvalue weighted by molar-refractivity contribution is 5.83. The van der Waals surface area contributed by atoms with E-state index in [2.05, 4.69) is 10.2 Å². The summed E-state index contributed by atoms with van der Waals surface area (Å²) in [5, 5.41) is 2.84. The highest BCUT2D eigenvalue weighted by Crippen LogP contribution is 2.24. The second kappa shape index (κ2) is 4.18. The van der Waals surface area contributed by atoms with Gasteiger partial charge in [-0.1, -0.05) is 0 Å². The quantitative estimate of drug-likeness (QED) is 0.588. The molecule has 1 amide bonds. The lowest BCUT2D eigenvalue weighted by atomic mass is 9.91. The van der Waals surface area contributed by atoms with Crippen LogP contribution in [0.15, 0.2) is 0 Å². The molecule has 1 N–H and O–H groups in total. The van der Waals surface area contributed by atoms with Crippen molar-refractivity contribution in [3.63, 3.8) is 0 Å². The van der Waals surface area contributed by atoms with Gasteiger partial charge in [-0.3, -0.25) is 14.5 Å². The number of nitrogens with zero attached hydrogens (tertiary/aromatic N) is 1. The number of piperazine rings is 1. The lowest BCUT2D eigenvalue weighted by molar-refractivity contribution is -0.150. The molecule has 84 valence electrons. The molecular formula is C10H16N2O3. The van der Waals surface area contributed by atoms with E-state index in [-0.39, 0.29) is 23.8 Å². The maximum absolute atomic E-state index is 11.5. The number of methoxy groups -OCH3 is 1. The average Bonchev–Trinajstić information content (AvgIpc) is 2.28. The molecule has 2 atom stereocenters. The Morgan fingerprint density at radius 1 is 1.53 bits per heavy atom. The molecule has 2 heterocycles. The van der Waals surface area contributed by atoms with Crippen LogP contribution in [-0.2, 0) is 14.3 Å². The fourth-order valence-electron chi connectivity index (χ4n) is 2.39. The topological polar surface area (TPSA) is 58.6 Å². The lowest BCUT2D eigenvalue weighted by Crippen LogP contribution is -2.59. The second-order valence-electron chi connectivity index (χ2n) is 4.10. The number of carbonyl (C=O) groups excluding carboxylic acids is 2. The van der Waals surface area contributed by atoms with Gasteiger partial charge in [0.2, 0.25) is 5.91 Å². The Balaban J connectivity index is 1.99. The molecule has 0 saturated carbocycles. The number of amides is 1. The number of nitrogens with one attached hydrogen (secondary N) is 1. The van der Waals surface area contributed by atoms with E-state index < -0.39 is 0 Å². The third kappa shape index (κ3) is 1.97. The number of rotatable bonds is 1. The summed E-state index contributed by atoms with van der Waals surface area (Å²) >= 11 is 0. The molecule has 2 saturated heterocycles. The molecule has 2 fully saturated rings. The van der Waals surface area contributed by atoms with Crippen LogP contribution in [0.4, 0.5) is 0 Å². The first-order valence-corrected chi connectivity index (χ1v) is 5.32. The molecule has 0 aliphatic carbocycles. The van der Waals surface area contributed by atoms with Gasteiger partial charge in [0.15, 0.2) is 0 Å². The molecule has 2 aliphatic heterocycles. The number of ether oxygens (including phenoxy) is 1. The zero-order chi connectivity index (χ0) is 10.8. The number of fused-ring (bicyclic) bond motifs is 1. The molecule has 0 aromatic carbocycles. The van der Waals surface area contributed by atoms with Crippen molar-refractivity contribution >= 4 is 11.9 Å². The average molecular weight is 212 g/mol. The van der Waals surface area contributed by atoms with Crippen molar-refractivity contribution in [1.82, 2.24) is 10.2 Å². The van der Waals surface area contributed by atoms with Gasteiger partial charge in [0.25, 0.3) is 0 Å². The van der Waals surface area contributed by atoms with Gasteiger partial charge in [-0.05, 0) is 12.8 Å². The minimum Gasteiger partial charge on any atom is -0.469 e. The van der Waals surface area contributed by atoms with Gasteiger partial charge >= 0.3 is 5.97 Å². The number of carbonyl (C=O) groups is 2. The summed E-state index contributed by atoms with van der Waals surface area (Å²) in [5.74, 6) is -0.110. The summed E-state index contributed by atoms with van der Waals surface area (Å²) < 4.78 is 4.73. The van der Waals surface area contributed by atoms with Crippen LogP contribution < -0.4 is 5.32 Å². The van der Waals surface area contributed by atoms with Crippen LogP contribution >= 0.6 is 0 Å². The third-order valence-corrected chi connectivity index (χ3v) is 3.22. The predicted octanol–water partition coefficient (Wildman–Crippen LogP) is -0.630. The van der Waals surface area contributed by atoms with Crippen LogP contribution in [-0.4, -0.2) is 49.6 Å². The van der Waals surface area contributed by atoms with Crippen molar-refractivity contribution < 1.29 is 14.3 Å². The van der Waals surface area contributed by atoms with Crippen molar-refractivity contribution in [2.45, 2.75) is 18.9 Å². The fraction of sp³-hybridized carbons (Fsp3) is 0.800. The van der Waals surface area contributed by atoms with Crippen LogP contribution in [0.1, 0.15) is 12.8 Å². The molecule has 5 nitrogen and oxygen atoms in total. The largest absolute Gasteiger partial charge is 0.469 e. The molecule has 2 unspecified atom stereocenters. The monoisotopic (exact) mass is 212 g/mol. The normalized spacial score (nSPS) is 31.7. The van der Waals surface area contributed by atoms with E-state index in [0.717, 1.165) is 19.4 Å². The standard InChI is InChI=1S/C10H16N2O3/c1-15-10(14)7-2-3-8-9(13)11-4-5-12(8)6-7/h7-8H,2-6H2,1H3,(H,11,13). The lowest BCUT2D eigenvalue weighted by Gasteiger charge is -2.40. The van der Waals surface area contributed by atoms with E-state index in [0.29, 0.717) is 13.1 Å². The highest BCUT2D eigenvalue weighted by Gasteiger charge is 2.37. The maximum atomic E-state index is 11.5. The predicted molar refractivity (Wildman–Crippen MR) is 53.1 cm³/mol. The number of hydrogen-bond acceptors (Lipinski definition) is 4. The van der Waals surface area contributed by atoms with Gasteiger partial charge in [0.05, 0.1) is 19.1 Å². The zero-order valence-corrected chi connectivity index (χ0v) is 8.86. The van der Waals surface area contributed by atoms with Crippen LogP contribution in [0.5, 0.6) is 0 Å². The van der Waals surface area contributed by atoms with Crippen molar-refractivity contribution in [2.24, 2.45) is 5.92 Å². The van der Waals surface area contributed by atoms with E-state index in [4.69, 9.17) is 4.74 Å². The third-order valence-electron chi connectivity index (χ3n) is 3.22.